The van der Waals surface area contributed by atoms with E-state index in [1.54, 1.807) is 0 Å². The van der Waals surface area contributed by atoms with Crippen LogP contribution in [0.2, 0.25) is 0 Å². The van der Waals surface area contributed by atoms with Gasteiger partial charge in [0, 0.05) is 32.2 Å². The first-order valence-electron chi connectivity index (χ1n) is 9.55. The van der Waals surface area contributed by atoms with E-state index in [2.05, 4.69) is 53.0 Å². The van der Waals surface area contributed by atoms with Crippen LogP contribution >= 0.6 is 0 Å². The second-order valence-corrected chi connectivity index (χ2v) is 7.30. The predicted octanol–water partition coefficient (Wildman–Crippen LogP) is 3.80. The van der Waals surface area contributed by atoms with Crippen molar-refractivity contribution >= 4 is 11.4 Å². The molecule has 0 amide bonds. The van der Waals surface area contributed by atoms with Crippen molar-refractivity contribution in [2.75, 3.05) is 31.1 Å². The molecular formula is C22H27N3O. The topological polar surface area (TPSA) is 37.4 Å². The van der Waals surface area contributed by atoms with E-state index < -0.39 is 0 Å². The number of hydrogen-bond donors (Lipinski definition) is 1. The zero-order valence-electron chi connectivity index (χ0n) is 15.5. The van der Waals surface area contributed by atoms with Crippen LogP contribution in [0.1, 0.15) is 29.5 Å². The van der Waals surface area contributed by atoms with Gasteiger partial charge in [0.1, 0.15) is 12.4 Å². The molecule has 0 unspecified atom stereocenters. The first kappa shape index (κ1) is 17.1. The molecule has 4 nitrogen and oxygen atoms in total. The minimum Gasteiger partial charge on any atom is -0.473 e. The maximum atomic E-state index is 5.99. The van der Waals surface area contributed by atoms with Crippen molar-refractivity contribution in [2.45, 2.75) is 26.4 Å². The highest BCUT2D eigenvalue weighted by Crippen LogP contribution is 2.41. The van der Waals surface area contributed by atoms with Crippen molar-refractivity contribution in [2.24, 2.45) is 5.92 Å². The van der Waals surface area contributed by atoms with Gasteiger partial charge in [-0.2, -0.15) is 4.98 Å². The van der Waals surface area contributed by atoms with Crippen LogP contribution < -0.4 is 15.0 Å². The molecule has 26 heavy (non-hydrogen) atoms. The number of nitrogens with one attached hydrogen (secondary N) is 1. The van der Waals surface area contributed by atoms with E-state index >= 15 is 0 Å². The number of aryl methyl sites for hydroxylation is 1. The minimum atomic E-state index is 0.542. The van der Waals surface area contributed by atoms with Gasteiger partial charge in [-0.3, -0.25) is 0 Å². The zero-order chi connectivity index (χ0) is 17.9. The SMILES string of the molecule is C=C(c1ccc(COc2cccc(N3CCNCC3)n2)c(C)c1)C1CC1. The lowest BCUT2D eigenvalue weighted by atomic mass is 9.98. The van der Waals surface area contributed by atoms with E-state index in [1.807, 2.05) is 12.1 Å². The molecule has 0 radical (unpaired) electrons. The molecule has 2 aliphatic rings. The number of benzene rings is 1. The van der Waals surface area contributed by atoms with Gasteiger partial charge in [-0.25, -0.2) is 0 Å². The monoisotopic (exact) mass is 349 g/mol. The fourth-order valence-electron chi connectivity index (χ4n) is 3.43. The first-order chi connectivity index (χ1) is 12.7. The molecule has 4 heteroatoms. The standard InChI is InChI=1S/C22H27N3O/c1-16-14-19(17(2)18-6-7-18)8-9-20(16)15-26-22-5-3-4-21(24-22)25-12-10-23-11-13-25/h3-5,8-9,14,18,23H,2,6-7,10-13,15H2,1H3. The van der Waals surface area contributed by atoms with Crippen LogP contribution in [0.5, 0.6) is 5.88 Å². The molecule has 0 bridgehead atoms. The normalized spacial score (nSPS) is 17.2. The van der Waals surface area contributed by atoms with E-state index in [0.717, 1.165) is 32.0 Å². The van der Waals surface area contributed by atoms with Crippen molar-refractivity contribution in [3.05, 3.63) is 59.7 Å². The molecule has 2 fully saturated rings. The predicted molar refractivity (Wildman–Crippen MR) is 107 cm³/mol. The molecule has 4 rings (SSSR count). The molecule has 2 aromatic rings. The number of pyridine rings is 1. The zero-order valence-corrected chi connectivity index (χ0v) is 15.5. The number of rotatable bonds is 6. The summed E-state index contributed by atoms with van der Waals surface area (Å²) in [4.78, 5) is 6.98. The van der Waals surface area contributed by atoms with E-state index in [9.17, 15) is 0 Å². The van der Waals surface area contributed by atoms with Crippen molar-refractivity contribution < 1.29 is 4.74 Å². The van der Waals surface area contributed by atoms with Crippen LogP contribution in [-0.4, -0.2) is 31.2 Å². The third-order valence-corrected chi connectivity index (χ3v) is 5.31. The second-order valence-electron chi connectivity index (χ2n) is 7.30. The number of hydrogen-bond acceptors (Lipinski definition) is 4. The van der Waals surface area contributed by atoms with Gasteiger partial charge in [0.25, 0.3) is 0 Å². The Morgan fingerprint density at radius 3 is 2.77 bits per heavy atom. The summed E-state index contributed by atoms with van der Waals surface area (Å²) < 4.78 is 5.99. The van der Waals surface area contributed by atoms with Gasteiger partial charge in [0.15, 0.2) is 0 Å². The Balaban J connectivity index is 1.41. The van der Waals surface area contributed by atoms with Gasteiger partial charge in [-0.15, -0.1) is 0 Å². The number of allylic oxidation sites excluding steroid dienone is 1. The van der Waals surface area contributed by atoms with E-state index in [-0.39, 0.29) is 0 Å². The van der Waals surface area contributed by atoms with E-state index in [4.69, 9.17) is 4.74 Å². The van der Waals surface area contributed by atoms with Gasteiger partial charge in [-0.05, 0) is 54.0 Å². The van der Waals surface area contributed by atoms with E-state index in [1.165, 1.54) is 35.1 Å². The molecule has 0 spiro atoms. The number of nitrogens with zero attached hydrogens (tertiary/aromatic N) is 2. The number of ether oxygens (including phenoxy) is 1. The molecule has 1 aromatic heterocycles. The van der Waals surface area contributed by atoms with Crippen LogP contribution in [0.15, 0.2) is 43.0 Å². The maximum absolute atomic E-state index is 5.99. The molecule has 1 saturated carbocycles. The summed E-state index contributed by atoms with van der Waals surface area (Å²) in [6.45, 7) is 10.9. The lowest BCUT2D eigenvalue weighted by Crippen LogP contribution is -2.43. The summed E-state index contributed by atoms with van der Waals surface area (Å²) in [5.74, 6) is 2.39. The van der Waals surface area contributed by atoms with Gasteiger partial charge < -0.3 is 15.0 Å². The Kier molecular flexibility index (Phi) is 4.93. The van der Waals surface area contributed by atoms with Crippen molar-refractivity contribution in [1.82, 2.24) is 10.3 Å². The molecular weight excluding hydrogens is 322 g/mol. The maximum Gasteiger partial charge on any atom is 0.215 e. The smallest absolute Gasteiger partial charge is 0.215 e. The number of aromatic nitrogens is 1. The fraction of sp³-hybridized carbons (Fsp3) is 0.409. The third kappa shape index (κ3) is 3.91. The largest absolute Gasteiger partial charge is 0.473 e. The lowest BCUT2D eigenvalue weighted by Gasteiger charge is -2.28. The molecule has 1 aliphatic carbocycles. The van der Waals surface area contributed by atoms with Crippen molar-refractivity contribution in [1.29, 1.82) is 0 Å². The molecule has 0 atom stereocenters. The summed E-state index contributed by atoms with van der Waals surface area (Å²) in [6.07, 6.45) is 2.58. The Bertz CT molecular complexity index is 792. The lowest BCUT2D eigenvalue weighted by molar-refractivity contribution is 0.293. The molecule has 1 saturated heterocycles. The highest BCUT2D eigenvalue weighted by molar-refractivity contribution is 5.68. The summed E-state index contributed by atoms with van der Waals surface area (Å²) >= 11 is 0. The highest BCUT2D eigenvalue weighted by Gasteiger charge is 2.25. The summed E-state index contributed by atoms with van der Waals surface area (Å²) in [5.41, 5.74) is 5.01. The minimum absolute atomic E-state index is 0.542. The number of piperazine rings is 1. The Hall–Kier alpha value is -2.33. The number of anilines is 1. The van der Waals surface area contributed by atoms with Gasteiger partial charge in [0.2, 0.25) is 5.88 Å². The van der Waals surface area contributed by atoms with Crippen molar-refractivity contribution in [3.8, 4) is 5.88 Å². The van der Waals surface area contributed by atoms with Gasteiger partial charge >= 0.3 is 0 Å². The quantitative estimate of drug-likeness (QED) is 0.861. The van der Waals surface area contributed by atoms with Crippen LogP contribution in [0.4, 0.5) is 5.82 Å². The molecule has 1 aliphatic heterocycles. The second kappa shape index (κ2) is 7.50. The third-order valence-electron chi connectivity index (χ3n) is 5.31. The van der Waals surface area contributed by atoms with Crippen molar-refractivity contribution in [3.63, 3.8) is 0 Å². The van der Waals surface area contributed by atoms with Crippen LogP contribution in [0.25, 0.3) is 5.57 Å². The first-order valence-corrected chi connectivity index (χ1v) is 9.55. The summed E-state index contributed by atoms with van der Waals surface area (Å²) in [6, 6.07) is 12.6. The van der Waals surface area contributed by atoms with Crippen LogP contribution in [-0.2, 0) is 6.61 Å². The molecule has 2 heterocycles. The van der Waals surface area contributed by atoms with Crippen LogP contribution in [0, 0.1) is 12.8 Å². The van der Waals surface area contributed by atoms with Gasteiger partial charge in [-0.1, -0.05) is 30.8 Å². The molecule has 1 N–H and O–H groups in total. The van der Waals surface area contributed by atoms with Gasteiger partial charge in [0.05, 0.1) is 0 Å². The molecule has 136 valence electrons. The fourth-order valence-corrected chi connectivity index (χ4v) is 3.43. The highest BCUT2D eigenvalue weighted by atomic mass is 16.5. The summed E-state index contributed by atoms with van der Waals surface area (Å²) in [7, 11) is 0. The molecule has 1 aromatic carbocycles. The summed E-state index contributed by atoms with van der Waals surface area (Å²) in [5, 5.41) is 3.37. The average molecular weight is 349 g/mol. The van der Waals surface area contributed by atoms with Crippen LogP contribution in [0.3, 0.4) is 0 Å². The average Bonchev–Trinajstić information content (AvgIpc) is 3.53. The Morgan fingerprint density at radius 1 is 1.23 bits per heavy atom. The Morgan fingerprint density at radius 2 is 2.04 bits per heavy atom. The van der Waals surface area contributed by atoms with E-state index in [0.29, 0.717) is 18.4 Å². The Labute approximate surface area is 155 Å².